The fraction of sp³-hybridized carbons (Fsp3) is 0.462. The molecular weight excluding hydrogens is 370 g/mol. The van der Waals surface area contributed by atoms with Crippen molar-refractivity contribution in [3.05, 3.63) is 28.7 Å². The Morgan fingerprint density at radius 1 is 1.38 bits per heavy atom. The quantitative estimate of drug-likeness (QED) is 0.674. The summed E-state index contributed by atoms with van der Waals surface area (Å²) in [6, 6.07) is 7.34. The summed E-state index contributed by atoms with van der Waals surface area (Å²) < 4.78 is 31.9. The number of carbonyl (C=O) groups is 1. The maximum atomic E-state index is 12.8. The van der Waals surface area contributed by atoms with Crippen molar-refractivity contribution in [2.24, 2.45) is 5.73 Å². The molecule has 0 spiro atoms. The number of halogens is 4. The van der Waals surface area contributed by atoms with Gasteiger partial charge in [-0.1, -0.05) is 12.1 Å². The second kappa shape index (κ2) is 9.92. The molecule has 0 aliphatic carbocycles. The van der Waals surface area contributed by atoms with Crippen LogP contribution in [0.2, 0.25) is 0 Å². The summed E-state index contributed by atoms with van der Waals surface area (Å²) in [5.74, 6) is -2.81. The van der Waals surface area contributed by atoms with Crippen LogP contribution < -0.4 is 15.8 Å². The fourth-order valence-electron chi connectivity index (χ4n) is 1.37. The highest BCUT2D eigenvalue weighted by Crippen LogP contribution is 2.23. The molecule has 1 rings (SSSR count). The average molecular weight is 388 g/mol. The van der Waals surface area contributed by atoms with E-state index in [0.717, 1.165) is 4.47 Å². The smallest absolute Gasteiger partial charge is 0.277 e. The summed E-state index contributed by atoms with van der Waals surface area (Å²) in [4.78, 5) is 11.3. The van der Waals surface area contributed by atoms with Crippen molar-refractivity contribution < 1.29 is 18.3 Å². The van der Waals surface area contributed by atoms with Gasteiger partial charge in [-0.3, -0.25) is 4.79 Å². The first-order valence-corrected chi connectivity index (χ1v) is 6.96. The third-order valence-corrected chi connectivity index (χ3v) is 3.14. The number of hydrogen-bond donors (Lipinski definition) is 2. The van der Waals surface area contributed by atoms with Crippen molar-refractivity contribution in [2.75, 3.05) is 19.7 Å². The molecule has 1 aromatic rings. The average Bonchev–Trinajstić information content (AvgIpc) is 2.43. The summed E-state index contributed by atoms with van der Waals surface area (Å²) in [6.07, 6.45) is 0.576. The highest BCUT2D eigenvalue weighted by atomic mass is 79.9. The van der Waals surface area contributed by atoms with Crippen molar-refractivity contribution in [1.29, 1.82) is 0 Å². The lowest BCUT2D eigenvalue weighted by atomic mass is 10.3. The van der Waals surface area contributed by atoms with Gasteiger partial charge in [0.25, 0.3) is 5.92 Å². The minimum absolute atomic E-state index is 0. The number of nitrogens with two attached hydrogens (primary N) is 1. The van der Waals surface area contributed by atoms with Gasteiger partial charge in [-0.15, -0.1) is 12.4 Å². The predicted octanol–water partition coefficient (Wildman–Crippen LogP) is 2.74. The Morgan fingerprint density at radius 2 is 2.05 bits per heavy atom. The standard InChI is InChI=1S/C13H17BrF2N2O2.ClH/c14-10-4-1-2-5-11(10)20-7-3-6-12(19)18-9-13(15,16)8-17;/h1-2,4-5H,3,6-9,17H2,(H,18,19);1H. The summed E-state index contributed by atoms with van der Waals surface area (Å²) in [5, 5.41) is 2.15. The van der Waals surface area contributed by atoms with Crippen LogP contribution in [0, 0.1) is 0 Å². The van der Waals surface area contributed by atoms with Crippen LogP contribution in [-0.2, 0) is 4.79 Å². The van der Waals surface area contributed by atoms with Gasteiger partial charge in [-0.25, -0.2) is 8.78 Å². The number of amides is 1. The fourth-order valence-corrected chi connectivity index (χ4v) is 1.76. The van der Waals surface area contributed by atoms with Gasteiger partial charge in [0.15, 0.2) is 0 Å². The van der Waals surface area contributed by atoms with Gasteiger partial charge in [0, 0.05) is 6.42 Å². The minimum Gasteiger partial charge on any atom is -0.492 e. The number of ether oxygens (including phenoxy) is 1. The van der Waals surface area contributed by atoms with Crippen molar-refractivity contribution in [1.82, 2.24) is 5.32 Å². The molecule has 3 N–H and O–H groups in total. The molecule has 4 nitrogen and oxygen atoms in total. The van der Waals surface area contributed by atoms with Gasteiger partial charge >= 0.3 is 0 Å². The summed E-state index contributed by atoms with van der Waals surface area (Å²) in [6.45, 7) is -1.17. The third-order valence-electron chi connectivity index (χ3n) is 2.49. The lowest BCUT2D eigenvalue weighted by molar-refractivity contribution is -0.123. The Kier molecular flexibility index (Phi) is 9.48. The number of rotatable bonds is 8. The number of para-hydroxylation sites is 1. The van der Waals surface area contributed by atoms with Gasteiger partial charge < -0.3 is 15.8 Å². The molecule has 0 bridgehead atoms. The van der Waals surface area contributed by atoms with E-state index in [4.69, 9.17) is 10.5 Å². The molecule has 120 valence electrons. The van der Waals surface area contributed by atoms with Crippen LogP contribution in [0.25, 0.3) is 0 Å². The van der Waals surface area contributed by atoms with Crippen molar-refractivity contribution in [2.45, 2.75) is 18.8 Å². The van der Waals surface area contributed by atoms with Gasteiger partial charge in [-0.2, -0.15) is 0 Å². The molecule has 0 heterocycles. The number of hydrogen-bond acceptors (Lipinski definition) is 3. The van der Waals surface area contributed by atoms with Gasteiger partial charge in [0.2, 0.25) is 5.91 Å². The van der Waals surface area contributed by atoms with Gasteiger partial charge in [0.1, 0.15) is 5.75 Å². The van der Waals surface area contributed by atoms with Crippen LogP contribution in [-0.4, -0.2) is 31.5 Å². The zero-order valence-electron chi connectivity index (χ0n) is 11.3. The zero-order chi connectivity index (χ0) is 15.0. The predicted molar refractivity (Wildman–Crippen MR) is 83.1 cm³/mol. The maximum absolute atomic E-state index is 12.8. The Morgan fingerprint density at radius 3 is 2.67 bits per heavy atom. The van der Waals surface area contributed by atoms with E-state index in [1.165, 1.54) is 0 Å². The molecule has 0 saturated carbocycles. The highest BCUT2D eigenvalue weighted by molar-refractivity contribution is 9.10. The largest absolute Gasteiger partial charge is 0.492 e. The number of carbonyl (C=O) groups excluding carboxylic acids is 1. The van der Waals surface area contributed by atoms with E-state index >= 15 is 0 Å². The van der Waals surface area contributed by atoms with Crippen LogP contribution in [0.1, 0.15) is 12.8 Å². The Bertz CT molecular complexity index is 450. The third kappa shape index (κ3) is 8.18. The summed E-state index contributed by atoms with van der Waals surface area (Å²) in [5.41, 5.74) is 4.87. The Balaban J connectivity index is 0.00000400. The number of alkyl halides is 2. The first-order chi connectivity index (χ1) is 9.44. The van der Waals surface area contributed by atoms with Crippen LogP contribution >= 0.6 is 28.3 Å². The Labute approximate surface area is 137 Å². The van der Waals surface area contributed by atoms with Crippen molar-refractivity contribution in [3.63, 3.8) is 0 Å². The zero-order valence-corrected chi connectivity index (χ0v) is 13.7. The van der Waals surface area contributed by atoms with Crippen LogP contribution in [0.4, 0.5) is 8.78 Å². The number of nitrogens with one attached hydrogen (secondary N) is 1. The first kappa shape index (κ1) is 20.1. The van der Waals surface area contributed by atoms with Gasteiger partial charge in [0.05, 0.1) is 24.2 Å². The second-order valence-electron chi connectivity index (χ2n) is 4.22. The van der Waals surface area contributed by atoms with Gasteiger partial charge in [-0.05, 0) is 34.5 Å². The second-order valence-corrected chi connectivity index (χ2v) is 5.07. The molecule has 0 atom stereocenters. The van der Waals surface area contributed by atoms with E-state index in [1.807, 2.05) is 18.2 Å². The molecule has 0 fully saturated rings. The highest BCUT2D eigenvalue weighted by Gasteiger charge is 2.26. The van der Waals surface area contributed by atoms with E-state index < -0.39 is 24.9 Å². The summed E-state index contributed by atoms with van der Waals surface area (Å²) in [7, 11) is 0. The molecule has 0 unspecified atom stereocenters. The lowest BCUT2D eigenvalue weighted by Gasteiger charge is -2.14. The summed E-state index contributed by atoms with van der Waals surface area (Å²) >= 11 is 3.33. The maximum Gasteiger partial charge on any atom is 0.277 e. The molecule has 0 aliphatic rings. The van der Waals surface area contributed by atoms with Crippen LogP contribution in [0.15, 0.2) is 28.7 Å². The van der Waals surface area contributed by atoms with E-state index in [1.54, 1.807) is 6.07 Å². The molecular formula is C13H18BrClF2N2O2. The van der Waals surface area contributed by atoms with Crippen LogP contribution in [0.5, 0.6) is 5.75 Å². The van der Waals surface area contributed by atoms with E-state index in [2.05, 4.69) is 21.2 Å². The normalized spacial score (nSPS) is 10.7. The van der Waals surface area contributed by atoms with E-state index in [-0.39, 0.29) is 18.8 Å². The molecule has 21 heavy (non-hydrogen) atoms. The molecule has 0 saturated heterocycles. The minimum atomic E-state index is -3.05. The SMILES string of the molecule is Cl.NCC(F)(F)CNC(=O)CCCOc1ccccc1Br. The topological polar surface area (TPSA) is 64.3 Å². The number of benzene rings is 1. The molecule has 1 amide bonds. The van der Waals surface area contributed by atoms with Crippen molar-refractivity contribution >= 4 is 34.2 Å². The molecule has 0 aliphatic heterocycles. The molecule has 0 aromatic heterocycles. The molecule has 8 heteroatoms. The first-order valence-electron chi connectivity index (χ1n) is 6.16. The van der Waals surface area contributed by atoms with Crippen LogP contribution in [0.3, 0.4) is 0 Å². The lowest BCUT2D eigenvalue weighted by Crippen LogP contribution is -2.41. The molecule has 1 aromatic carbocycles. The van der Waals surface area contributed by atoms with Crippen molar-refractivity contribution in [3.8, 4) is 5.75 Å². The monoisotopic (exact) mass is 386 g/mol. The molecule has 0 radical (unpaired) electrons. The van der Waals surface area contributed by atoms with E-state index in [9.17, 15) is 13.6 Å². The van der Waals surface area contributed by atoms with E-state index in [0.29, 0.717) is 18.8 Å². The Hall–Kier alpha value is -0.920.